The van der Waals surface area contributed by atoms with Crippen molar-refractivity contribution in [2.75, 3.05) is 5.43 Å². The highest BCUT2D eigenvalue weighted by Gasteiger charge is 2.14. The Morgan fingerprint density at radius 1 is 1.67 bits per heavy atom. The number of hydrogen-bond acceptors (Lipinski definition) is 6. The van der Waals surface area contributed by atoms with Gasteiger partial charge in [-0.2, -0.15) is 10.4 Å². The minimum atomic E-state index is -0.631. The second-order valence-electron chi connectivity index (χ2n) is 3.02. The van der Waals surface area contributed by atoms with E-state index in [1.165, 1.54) is 18.2 Å². The van der Waals surface area contributed by atoms with Gasteiger partial charge in [-0.1, -0.05) is 11.6 Å². The van der Waals surface area contributed by atoms with E-state index >= 15 is 0 Å². The molecule has 8 nitrogen and oxygen atoms in total. The van der Waals surface area contributed by atoms with Crippen LogP contribution in [0.3, 0.4) is 0 Å². The molecule has 0 spiro atoms. The number of rotatable bonds is 4. The predicted octanol–water partition coefficient (Wildman–Crippen LogP) is 1.48. The van der Waals surface area contributed by atoms with Crippen molar-refractivity contribution in [2.24, 2.45) is 10.8 Å². The predicted molar refractivity (Wildman–Crippen MR) is 66.7 cm³/mol. The van der Waals surface area contributed by atoms with Gasteiger partial charge in [-0.3, -0.25) is 20.9 Å². The van der Waals surface area contributed by atoms with E-state index in [0.29, 0.717) is 0 Å². The lowest BCUT2D eigenvalue weighted by atomic mass is 10.3. The molecule has 4 N–H and O–H groups in total. The molecule has 0 aliphatic rings. The number of amidine groups is 1. The van der Waals surface area contributed by atoms with Crippen molar-refractivity contribution in [3.05, 3.63) is 33.3 Å². The third-order valence-electron chi connectivity index (χ3n) is 1.80. The molecule has 0 aromatic heterocycles. The lowest BCUT2D eigenvalue weighted by molar-refractivity contribution is -0.384. The first-order valence-corrected chi connectivity index (χ1v) is 4.85. The molecular formula is C9H7ClN6O2. The molecule has 1 rings (SSSR count). The first kappa shape index (κ1) is 13.4. The topological polar surface area (TPSA) is 141 Å². The molecule has 0 aliphatic heterocycles. The van der Waals surface area contributed by atoms with Gasteiger partial charge in [0.25, 0.3) is 5.69 Å². The van der Waals surface area contributed by atoms with Gasteiger partial charge in [-0.15, -0.1) is 0 Å². The fourth-order valence-corrected chi connectivity index (χ4v) is 1.19. The number of nitro benzene ring substituents is 1. The first-order valence-electron chi connectivity index (χ1n) is 4.48. The molecular weight excluding hydrogens is 260 g/mol. The Kier molecular flexibility index (Phi) is 4.17. The molecule has 0 radical (unpaired) electrons. The molecule has 0 amide bonds. The summed E-state index contributed by atoms with van der Waals surface area (Å²) in [4.78, 5) is 10.1. The lowest BCUT2D eigenvalue weighted by Gasteiger charge is -2.03. The van der Waals surface area contributed by atoms with Gasteiger partial charge < -0.3 is 5.73 Å². The van der Waals surface area contributed by atoms with Crippen LogP contribution in [0.15, 0.2) is 23.3 Å². The maximum absolute atomic E-state index is 10.7. The van der Waals surface area contributed by atoms with Crippen molar-refractivity contribution in [1.82, 2.24) is 0 Å². The third kappa shape index (κ3) is 3.16. The summed E-state index contributed by atoms with van der Waals surface area (Å²) in [7, 11) is 0. The van der Waals surface area contributed by atoms with Crippen molar-refractivity contribution >= 4 is 34.5 Å². The number of benzene rings is 1. The summed E-state index contributed by atoms with van der Waals surface area (Å²) in [6.45, 7) is 0. The van der Waals surface area contributed by atoms with Gasteiger partial charge in [0, 0.05) is 11.1 Å². The largest absolute Gasteiger partial charge is 0.382 e. The number of nitrogens with one attached hydrogen (secondary N) is 2. The molecule has 92 valence electrons. The molecule has 0 saturated carbocycles. The number of nitrogens with zero attached hydrogens (tertiary/aromatic N) is 3. The first-order chi connectivity index (χ1) is 8.45. The minimum Gasteiger partial charge on any atom is -0.382 e. The monoisotopic (exact) mass is 266 g/mol. The van der Waals surface area contributed by atoms with Gasteiger partial charge in [0.2, 0.25) is 5.71 Å². The van der Waals surface area contributed by atoms with E-state index in [1.54, 1.807) is 6.07 Å². The van der Waals surface area contributed by atoms with Gasteiger partial charge in [0.1, 0.15) is 11.8 Å². The zero-order valence-corrected chi connectivity index (χ0v) is 9.60. The van der Waals surface area contributed by atoms with Crippen LogP contribution < -0.4 is 11.2 Å². The Bertz CT molecular complexity index is 577. The zero-order valence-electron chi connectivity index (χ0n) is 8.85. The summed E-state index contributed by atoms with van der Waals surface area (Å²) in [5.74, 6) is -0.547. The van der Waals surface area contributed by atoms with Crippen LogP contribution in [0.25, 0.3) is 0 Å². The molecule has 0 heterocycles. The average Bonchev–Trinajstić information content (AvgIpc) is 2.29. The van der Waals surface area contributed by atoms with Gasteiger partial charge in [0.15, 0.2) is 5.84 Å². The molecule has 18 heavy (non-hydrogen) atoms. The number of nitro groups is 1. The van der Waals surface area contributed by atoms with E-state index in [0.717, 1.165) is 0 Å². The van der Waals surface area contributed by atoms with Gasteiger partial charge >= 0.3 is 0 Å². The standard InChI is InChI=1S/C9H7ClN6O2/c10-5-1-2-8(16(17)18)6(3-5)14-15-7(4-11)9(12)13/h1-3,14H,(H3,12,13)/b15-7+. The minimum absolute atomic E-state index is 0.00139. The lowest BCUT2D eigenvalue weighted by Crippen LogP contribution is -2.21. The van der Waals surface area contributed by atoms with E-state index < -0.39 is 10.8 Å². The Morgan fingerprint density at radius 3 is 2.83 bits per heavy atom. The summed E-state index contributed by atoms with van der Waals surface area (Å²) in [5, 5.41) is 30.1. The van der Waals surface area contributed by atoms with Gasteiger partial charge in [-0.25, -0.2) is 0 Å². The highest BCUT2D eigenvalue weighted by molar-refractivity contribution is 6.45. The van der Waals surface area contributed by atoms with Crippen LogP contribution in [-0.2, 0) is 0 Å². The van der Waals surface area contributed by atoms with Crippen LogP contribution in [0.2, 0.25) is 5.02 Å². The summed E-state index contributed by atoms with van der Waals surface area (Å²) in [5.41, 5.74) is 6.71. The van der Waals surface area contributed by atoms with Crippen molar-refractivity contribution in [3.63, 3.8) is 0 Å². The zero-order chi connectivity index (χ0) is 13.7. The number of hydrazone groups is 1. The number of halogens is 1. The Balaban J connectivity index is 3.11. The van der Waals surface area contributed by atoms with E-state index in [1.807, 2.05) is 0 Å². The number of anilines is 1. The summed E-state index contributed by atoms with van der Waals surface area (Å²) < 4.78 is 0. The fraction of sp³-hybridized carbons (Fsp3) is 0. The molecule has 0 saturated heterocycles. The van der Waals surface area contributed by atoms with Crippen LogP contribution in [0, 0.1) is 26.9 Å². The maximum Gasteiger partial charge on any atom is 0.294 e. The number of hydrogen-bond donors (Lipinski definition) is 3. The van der Waals surface area contributed by atoms with E-state index in [2.05, 4.69) is 10.5 Å². The smallest absolute Gasteiger partial charge is 0.294 e. The SMILES string of the molecule is N#C/C(=N\Nc1cc(Cl)ccc1[N+](=O)[O-])C(=N)N. The molecule has 9 heteroatoms. The van der Waals surface area contributed by atoms with Crippen molar-refractivity contribution in [3.8, 4) is 6.07 Å². The Labute approximate surface area is 106 Å². The molecule has 1 aromatic rings. The van der Waals surface area contributed by atoms with Gasteiger partial charge in [-0.05, 0) is 12.1 Å². The van der Waals surface area contributed by atoms with Crippen molar-refractivity contribution < 1.29 is 4.92 Å². The van der Waals surface area contributed by atoms with E-state index in [9.17, 15) is 10.1 Å². The fourth-order valence-electron chi connectivity index (χ4n) is 1.02. The molecule has 0 aliphatic carbocycles. The molecule has 1 aromatic carbocycles. The van der Waals surface area contributed by atoms with E-state index in [-0.39, 0.29) is 22.1 Å². The Morgan fingerprint density at radius 2 is 2.33 bits per heavy atom. The summed E-state index contributed by atoms with van der Waals surface area (Å²) in [6.07, 6.45) is 0. The molecule has 0 bridgehead atoms. The highest BCUT2D eigenvalue weighted by Crippen LogP contribution is 2.27. The average molecular weight is 267 g/mol. The van der Waals surface area contributed by atoms with Crippen LogP contribution in [0.5, 0.6) is 0 Å². The number of nitriles is 1. The Hall–Kier alpha value is -2.66. The van der Waals surface area contributed by atoms with Crippen molar-refractivity contribution in [2.45, 2.75) is 0 Å². The maximum atomic E-state index is 10.7. The second-order valence-corrected chi connectivity index (χ2v) is 3.45. The summed E-state index contributed by atoms with van der Waals surface area (Å²) >= 11 is 5.69. The van der Waals surface area contributed by atoms with Crippen molar-refractivity contribution in [1.29, 1.82) is 10.7 Å². The second kappa shape index (κ2) is 5.60. The van der Waals surface area contributed by atoms with E-state index in [4.69, 9.17) is 28.0 Å². The van der Waals surface area contributed by atoms with Crippen LogP contribution in [0.1, 0.15) is 0 Å². The molecule has 0 fully saturated rings. The number of nitrogens with two attached hydrogens (primary N) is 1. The highest BCUT2D eigenvalue weighted by atomic mass is 35.5. The van der Waals surface area contributed by atoms with Crippen LogP contribution in [0.4, 0.5) is 11.4 Å². The van der Waals surface area contributed by atoms with Crippen LogP contribution >= 0.6 is 11.6 Å². The summed E-state index contributed by atoms with van der Waals surface area (Å²) in [6, 6.07) is 5.39. The molecule has 0 unspecified atom stereocenters. The normalized spacial score (nSPS) is 10.6. The molecule has 0 atom stereocenters. The van der Waals surface area contributed by atoms with Gasteiger partial charge in [0.05, 0.1) is 4.92 Å². The quantitative estimate of drug-likeness (QED) is 0.327. The third-order valence-corrected chi connectivity index (χ3v) is 2.04. The van der Waals surface area contributed by atoms with Crippen LogP contribution in [-0.4, -0.2) is 16.5 Å².